The van der Waals surface area contributed by atoms with E-state index < -0.39 is 0 Å². The molecular weight excluding hydrogens is 320 g/mol. The first-order valence-electron chi connectivity index (χ1n) is 6.66. The molecule has 0 aromatic carbocycles. The highest BCUT2D eigenvalue weighted by molar-refractivity contribution is 9.10. The molecular formula is C13H17BrN6. The van der Waals surface area contributed by atoms with Gasteiger partial charge in [-0.25, -0.2) is 0 Å². The van der Waals surface area contributed by atoms with E-state index >= 15 is 0 Å². The van der Waals surface area contributed by atoms with E-state index in [9.17, 15) is 0 Å². The number of hydrogen-bond acceptors (Lipinski definition) is 5. The largest absolute Gasteiger partial charge is 0.325 e. The monoisotopic (exact) mass is 336 g/mol. The average molecular weight is 337 g/mol. The van der Waals surface area contributed by atoms with Gasteiger partial charge in [-0.2, -0.15) is 4.68 Å². The van der Waals surface area contributed by atoms with E-state index in [4.69, 9.17) is 5.73 Å². The molecule has 0 bridgehead atoms. The van der Waals surface area contributed by atoms with Crippen LogP contribution in [0.15, 0.2) is 16.7 Å². The smallest absolute Gasteiger partial charge is 0.159 e. The topological polar surface area (TPSA) is 82.5 Å². The minimum atomic E-state index is -0.330. The zero-order valence-corrected chi connectivity index (χ0v) is 13.1. The average Bonchev–Trinajstić information content (AvgIpc) is 3.08. The number of nitrogens with two attached hydrogens (primary N) is 1. The molecule has 6 nitrogen and oxygen atoms in total. The first-order valence-corrected chi connectivity index (χ1v) is 7.45. The minimum absolute atomic E-state index is 0.330. The van der Waals surface area contributed by atoms with Gasteiger partial charge in [-0.15, -0.1) is 5.10 Å². The normalized spacial score (nSPS) is 15.6. The van der Waals surface area contributed by atoms with Crippen LogP contribution in [0.1, 0.15) is 44.1 Å². The molecule has 0 atom stereocenters. The number of tetrazole rings is 1. The molecule has 7 heteroatoms. The third-order valence-electron chi connectivity index (χ3n) is 3.20. The van der Waals surface area contributed by atoms with E-state index in [0.29, 0.717) is 12.3 Å². The summed E-state index contributed by atoms with van der Waals surface area (Å²) in [5, 5.41) is 12.1. The Kier molecular flexibility index (Phi) is 3.33. The highest BCUT2D eigenvalue weighted by Gasteiger charge is 2.31. The molecule has 0 spiro atoms. The lowest BCUT2D eigenvalue weighted by atomic mass is 9.99. The van der Waals surface area contributed by atoms with Gasteiger partial charge in [0, 0.05) is 28.5 Å². The van der Waals surface area contributed by atoms with Crippen LogP contribution in [0, 0.1) is 0 Å². The summed E-state index contributed by atoms with van der Waals surface area (Å²) in [6.07, 6.45) is 4.75. The lowest BCUT2D eigenvalue weighted by Crippen LogP contribution is -2.35. The Morgan fingerprint density at radius 3 is 2.85 bits per heavy atom. The van der Waals surface area contributed by atoms with Crippen LogP contribution in [-0.2, 0) is 6.42 Å². The summed E-state index contributed by atoms with van der Waals surface area (Å²) in [6, 6.07) is 2.00. The van der Waals surface area contributed by atoms with E-state index in [1.165, 1.54) is 0 Å². The third-order valence-corrected chi connectivity index (χ3v) is 3.64. The molecule has 0 aliphatic heterocycles. The van der Waals surface area contributed by atoms with Crippen molar-refractivity contribution in [3.8, 4) is 5.69 Å². The van der Waals surface area contributed by atoms with Crippen LogP contribution < -0.4 is 5.73 Å². The summed E-state index contributed by atoms with van der Waals surface area (Å²) in [7, 11) is 0. The van der Waals surface area contributed by atoms with Gasteiger partial charge in [0.15, 0.2) is 5.82 Å². The highest BCUT2D eigenvalue weighted by Crippen LogP contribution is 2.39. The lowest BCUT2D eigenvalue weighted by Gasteiger charge is -2.20. The van der Waals surface area contributed by atoms with Crippen molar-refractivity contribution in [2.75, 3.05) is 0 Å². The Hall–Kier alpha value is -1.34. The molecule has 0 saturated heterocycles. The Labute approximate surface area is 125 Å². The van der Waals surface area contributed by atoms with Crippen molar-refractivity contribution in [2.45, 2.75) is 44.6 Å². The number of rotatable bonds is 4. The van der Waals surface area contributed by atoms with Crippen molar-refractivity contribution in [3.05, 3.63) is 28.3 Å². The SMILES string of the molecule is CC(C)(N)Cc1ncc(Br)cc1-n1nnnc1C1CC1. The first-order chi connectivity index (χ1) is 9.44. The van der Waals surface area contributed by atoms with E-state index in [2.05, 4.69) is 36.4 Å². The maximum Gasteiger partial charge on any atom is 0.159 e. The summed E-state index contributed by atoms with van der Waals surface area (Å²) in [4.78, 5) is 4.50. The Bertz CT molecular complexity index is 626. The Morgan fingerprint density at radius 1 is 1.45 bits per heavy atom. The molecule has 20 heavy (non-hydrogen) atoms. The summed E-state index contributed by atoms with van der Waals surface area (Å²) in [6.45, 7) is 3.98. The van der Waals surface area contributed by atoms with Gasteiger partial charge in [0.25, 0.3) is 0 Å². The van der Waals surface area contributed by atoms with Crippen LogP contribution in [0.3, 0.4) is 0 Å². The van der Waals surface area contributed by atoms with Crippen molar-refractivity contribution in [2.24, 2.45) is 5.73 Å². The van der Waals surface area contributed by atoms with Gasteiger partial charge in [-0.05, 0) is 59.1 Å². The van der Waals surface area contributed by atoms with E-state index in [1.807, 2.05) is 19.9 Å². The fourth-order valence-corrected chi connectivity index (χ4v) is 2.49. The molecule has 2 aromatic heterocycles. The summed E-state index contributed by atoms with van der Waals surface area (Å²) in [5.41, 5.74) is 7.61. The molecule has 3 rings (SSSR count). The molecule has 1 aliphatic rings. The van der Waals surface area contributed by atoms with E-state index in [-0.39, 0.29) is 5.54 Å². The van der Waals surface area contributed by atoms with Gasteiger partial charge in [0.05, 0.1) is 11.4 Å². The van der Waals surface area contributed by atoms with Gasteiger partial charge >= 0.3 is 0 Å². The van der Waals surface area contributed by atoms with Gasteiger partial charge in [-0.3, -0.25) is 4.98 Å². The quantitative estimate of drug-likeness (QED) is 0.922. The molecule has 0 radical (unpaired) electrons. The standard InChI is InChI=1S/C13H17BrN6/c1-13(2,15)6-10-11(5-9(14)7-16-10)20-12(8-3-4-8)17-18-19-20/h5,7-8H,3-4,6,15H2,1-2H3. The third kappa shape index (κ3) is 2.88. The fraction of sp³-hybridized carbons (Fsp3) is 0.538. The molecule has 1 saturated carbocycles. The Balaban J connectivity index is 2.06. The number of pyridine rings is 1. The predicted octanol–water partition coefficient (Wildman–Crippen LogP) is 1.98. The molecule has 0 unspecified atom stereocenters. The van der Waals surface area contributed by atoms with Crippen molar-refractivity contribution in [1.82, 2.24) is 25.2 Å². The lowest BCUT2D eigenvalue weighted by molar-refractivity contribution is 0.507. The van der Waals surface area contributed by atoms with Crippen LogP contribution >= 0.6 is 15.9 Å². The van der Waals surface area contributed by atoms with Crippen molar-refractivity contribution < 1.29 is 0 Å². The number of nitrogens with zero attached hydrogens (tertiary/aromatic N) is 5. The summed E-state index contributed by atoms with van der Waals surface area (Å²) < 4.78 is 2.71. The molecule has 1 aliphatic carbocycles. The van der Waals surface area contributed by atoms with E-state index in [0.717, 1.165) is 34.5 Å². The van der Waals surface area contributed by atoms with Gasteiger partial charge < -0.3 is 5.73 Å². The molecule has 2 N–H and O–H groups in total. The maximum atomic E-state index is 6.13. The second kappa shape index (κ2) is 4.89. The van der Waals surface area contributed by atoms with Crippen LogP contribution in [0.25, 0.3) is 5.69 Å². The molecule has 2 aromatic rings. The first kappa shape index (κ1) is 13.6. The second-order valence-electron chi connectivity index (χ2n) is 6.01. The van der Waals surface area contributed by atoms with Crippen LogP contribution in [0.4, 0.5) is 0 Å². The summed E-state index contributed by atoms with van der Waals surface area (Å²) in [5.74, 6) is 1.39. The van der Waals surface area contributed by atoms with E-state index in [1.54, 1.807) is 10.9 Å². The van der Waals surface area contributed by atoms with Gasteiger partial charge in [0.1, 0.15) is 0 Å². The predicted molar refractivity (Wildman–Crippen MR) is 78.6 cm³/mol. The fourth-order valence-electron chi connectivity index (χ4n) is 2.17. The summed E-state index contributed by atoms with van der Waals surface area (Å²) >= 11 is 3.46. The highest BCUT2D eigenvalue weighted by atomic mass is 79.9. The van der Waals surface area contributed by atoms with Gasteiger partial charge in [-0.1, -0.05) is 0 Å². The Morgan fingerprint density at radius 2 is 2.20 bits per heavy atom. The van der Waals surface area contributed by atoms with Crippen molar-refractivity contribution in [1.29, 1.82) is 0 Å². The van der Waals surface area contributed by atoms with Gasteiger partial charge in [0.2, 0.25) is 0 Å². The molecule has 0 amide bonds. The second-order valence-corrected chi connectivity index (χ2v) is 6.92. The zero-order chi connectivity index (χ0) is 14.3. The van der Waals surface area contributed by atoms with Crippen molar-refractivity contribution >= 4 is 15.9 Å². The molecule has 2 heterocycles. The maximum absolute atomic E-state index is 6.13. The molecule has 1 fully saturated rings. The van der Waals surface area contributed by atoms with Crippen LogP contribution in [0.2, 0.25) is 0 Å². The number of aromatic nitrogens is 5. The molecule has 106 valence electrons. The number of halogens is 1. The zero-order valence-electron chi connectivity index (χ0n) is 11.5. The minimum Gasteiger partial charge on any atom is -0.325 e. The van der Waals surface area contributed by atoms with Crippen LogP contribution in [-0.4, -0.2) is 30.7 Å². The number of hydrogen-bond donors (Lipinski definition) is 1. The van der Waals surface area contributed by atoms with Crippen molar-refractivity contribution in [3.63, 3.8) is 0 Å². The van der Waals surface area contributed by atoms with Crippen LogP contribution in [0.5, 0.6) is 0 Å².